The number of hydrogen-bond acceptors (Lipinski definition) is 2. The van der Waals surface area contributed by atoms with Crippen LogP contribution in [0.5, 0.6) is 0 Å². The Kier molecular flexibility index (Phi) is 7.70. The van der Waals surface area contributed by atoms with Crippen molar-refractivity contribution in [1.82, 2.24) is 4.90 Å². The van der Waals surface area contributed by atoms with Crippen LogP contribution in [0.4, 0.5) is 0 Å². The summed E-state index contributed by atoms with van der Waals surface area (Å²) >= 11 is 0. The maximum absolute atomic E-state index is 5.30. The summed E-state index contributed by atoms with van der Waals surface area (Å²) in [5.41, 5.74) is 5.30. The molecule has 0 aromatic rings. The second-order valence-electron chi connectivity index (χ2n) is 2.71. The third-order valence-electron chi connectivity index (χ3n) is 1.36. The number of aliphatic imine (C=N–C) groups is 1. The molecule has 0 saturated heterocycles. The van der Waals surface area contributed by atoms with Crippen molar-refractivity contribution in [2.45, 2.75) is 19.8 Å². The molecule has 2 N–H and O–H groups in total. The fraction of sp³-hybridized carbons (Fsp3) is 0.667. The number of nitrogens with two attached hydrogens (primary N) is 1. The molecule has 0 aliphatic rings. The first-order chi connectivity index (χ1) is 5.81. The molecule has 0 fully saturated rings. The Morgan fingerprint density at radius 1 is 1.50 bits per heavy atom. The maximum Gasteiger partial charge on any atom is 0.0902 e. The molecule has 0 amide bonds. The van der Waals surface area contributed by atoms with Gasteiger partial charge in [0, 0.05) is 19.8 Å². The summed E-state index contributed by atoms with van der Waals surface area (Å²) in [6.45, 7) is 3.89. The van der Waals surface area contributed by atoms with E-state index in [1.807, 2.05) is 19.5 Å². The highest BCUT2D eigenvalue weighted by Crippen LogP contribution is 1.83. The van der Waals surface area contributed by atoms with Gasteiger partial charge in [0.2, 0.25) is 0 Å². The van der Waals surface area contributed by atoms with Gasteiger partial charge in [0.15, 0.2) is 0 Å². The molecule has 0 aromatic heterocycles. The molecule has 0 radical (unpaired) electrons. The first-order valence-corrected chi connectivity index (χ1v) is 4.39. The van der Waals surface area contributed by atoms with Gasteiger partial charge in [-0.05, 0) is 19.4 Å². The lowest BCUT2D eigenvalue weighted by atomic mass is 10.4. The minimum Gasteiger partial charge on any atom is -0.366 e. The highest BCUT2D eigenvalue weighted by atomic mass is 15.1. The minimum absolute atomic E-state index is 0.691. The van der Waals surface area contributed by atoms with E-state index in [1.165, 1.54) is 0 Å². The van der Waals surface area contributed by atoms with Gasteiger partial charge in [-0.3, -0.25) is 0 Å². The van der Waals surface area contributed by atoms with Crippen molar-refractivity contribution in [2.75, 3.05) is 20.1 Å². The molecule has 0 spiro atoms. The average Bonchev–Trinajstić information content (AvgIpc) is 2.05. The average molecular weight is 169 g/mol. The van der Waals surface area contributed by atoms with Gasteiger partial charge in [0.1, 0.15) is 0 Å². The quantitative estimate of drug-likeness (QED) is 0.480. The van der Waals surface area contributed by atoms with Gasteiger partial charge >= 0.3 is 0 Å². The molecule has 3 nitrogen and oxygen atoms in total. The Balaban J connectivity index is 3.46. The highest BCUT2D eigenvalue weighted by Gasteiger charge is 1.84. The van der Waals surface area contributed by atoms with Crippen molar-refractivity contribution in [1.29, 1.82) is 0 Å². The maximum atomic E-state index is 5.30. The molecule has 0 heterocycles. The first kappa shape index (κ1) is 11.2. The predicted molar refractivity (Wildman–Crippen MR) is 54.2 cm³/mol. The van der Waals surface area contributed by atoms with Gasteiger partial charge < -0.3 is 10.6 Å². The highest BCUT2D eigenvalue weighted by molar-refractivity contribution is 5.55. The van der Waals surface area contributed by atoms with Crippen LogP contribution in [0.15, 0.2) is 17.3 Å². The van der Waals surface area contributed by atoms with Crippen LogP contribution in [0.25, 0.3) is 0 Å². The summed E-state index contributed by atoms with van der Waals surface area (Å²) in [4.78, 5) is 6.15. The zero-order valence-corrected chi connectivity index (χ0v) is 8.03. The summed E-state index contributed by atoms with van der Waals surface area (Å²) in [5, 5.41) is 0. The molecule has 0 aliphatic carbocycles. The fourth-order valence-corrected chi connectivity index (χ4v) is 0.794. The van der Waals surface area contributed by atoms with E-state index in [1.54, 1.807) is 6.20 Å². The molecule has 0 aliphatic heterocycles. The van der Waals surface area contributed by atoms with Crippen molar-refractivity contribution in [3.63, 3.8) is 0 Å². The minimum atomic E-state index is 0.691. The Bertz CT molecular complexity index is 141. The van der Waals surface area contributed by atoms with Crippen molar-refractivity contribution in [3.8, 4) is 0 Å². The molecular weight excluding hydrogens is 150 g/mol. The van der Waals surface area contributed by atoms with Crippen LogP contribution in [0, 0.1) is 0 Å². The Labute approximate surface area is 75.0 Å². The molecular formula is C9H19N3. The number of hydrogen-bond donors (Lipinski definition) is 1. The molecule has 0 unspecified atom stereocenters. The summed E-state index contributed by atoms with van der Waals surface area (Å²) < 4.78 is 0. The lowest BCUT2D eigenvalue weighted by Gasteiger charge is -2.09. The molecule has 12 heavy (non-hydrogen) atoms. The van der Waals surface area contributed by atoms with Crippen LogP contribution in [0.3, 0.4) is 0 Å². The van der Waals surface area contributed by atoms with E-state index in [0.29, 0.717) is 6.54 Å². The van der Waals surface area contributed by atoms with Crippen LogP contribution in [0.1, 0.15) is 19.8 Å². The van der Waals surface area contributed by atoms with E-state index in [4.69, 9.17) is 5.73 Å². The SMILES string of the molecule is CCCN(C)C=N/C=C/CCN. The lowest BCUT2D eigenvalue weighted by molar-refractivity contribution is 0.515. The Morgan fingerprint density at radius 2 is 2.25 bits per heavy atom. The van der Waals surface area contributed by atoms with Gasteiger partial charge in [0.25, 0.3) is 0 Å². The molecule has 0 atom stereocenters. The smallest absolute Gasteiger partial charge is 0.0902 e. The number of rotatable bonds is 6. The van der Waals surface area contributed by atoms with E-state index in [9.17, 15) is 0 Å². The van der Waals surface area contributed by atoms with E-state index in [2.05, 4.69) is 16.8 Å². The molecule has 3 heteroatoms. The summed E-state index contributed by atoms with van der Waals surface area (Å²) in [5.74, 6) is 0. The van der Waals surface area contributed by atoms with E-state index in [0.717, 1.165) is 19.4 Å². The monoisotopic (exact) mass is 169 g/mol. The van der Waals surface area contributed by atoms with Crippen LogP contribution >= 0.6 is 0 Å². The van der Waals surface area contributed by atoms with Crippen molar-refractivity contribution < 1.29 is 0 Å². The predicted octanol–water partition coefficient (Wildman–Crippen LogP) is 1.22. The van der Waals surface area contributed by atoms with E-state index >= 15 is 0 Å². The second-order valence-corrected chi connectivity index (χ2v) is 2.71. The van der Waals surface area contributed by atoms with E-state index in [-0.39, 0.29) is 0 Å². The van der Waals surface area contributed by atoms with Gasteiger partial charge in [0.05, 0.1) is 6.34 Å². The van der Waals surface area contributed by atoms with Gasteiger partial charge in [-0.15, -0.1) is 0 Å². The zero-order valence-electron chi connectivity index (χ0n) is 8.03. The number of nitrogens with zero attached hydrogens (tertiary/aromatic N) is 2. The van der Waals surface area contributed by atoms with Crippen LogP contribution in [-0.2, 0) is 0 Å². The zero-order chi connectivity index (χ0) is 9.23. The van der Waals surface area contributed by atoms with Gasteiger partial charge in [-0.1, -0.05) is 13.0 Å². The fourth-order valence-electron chi connectivity index (χ4n) is 0.794. The molecule has 0 aromatic carbocycles. The second kappa shape index (κ2) is 8.27. The summed E-state index contributed by atoms with van der Waals surface area (Å²) in [6, 6.07) is 0. The summed E-state index contributed by atoms with van der Waals surface area (Å²) in [6.07, 6.45) is 7.63. The van der Waals surface area contributed by atoms with Crippen molar-refractivity contribution in [3.05, 3.63) is 12.3 Å². The Hall–Kier alpha value is -0.830. The van der Waals surface area contributed by atoms with Crippen LogP contribution < -0.4 is 5.73 Å². The van der Waals surface area contributed by atoms with Gasteiger partial charge in [-0.2, -0.15) is 0 Å². The molecule has 0 saturated carbocycles. The standard InChI is InChI=1S/C9H19N3/c1-3-8-12(2)9-11-7-5-4-6-10/h5,7,9H,3-4,6,8,10H2,1-2H3/b7-5+,11-9?. The third-order valence-corrected chi connectivity index (χ3v) is 1.36. The normalized spacial score (nSPS) is 11.6. The third kappa shape index (κ3) is 7.28. The summed E-state index contributed by atoms with van der Waals surface area (Å²) in [7, 11) is 2.02. The molecule has 0 bridgehead atoms. The topological polar surface area (TPSA) is 41.6 Å². The molecule has 70 valence electrons. The Morgan fingerprint density at radius 3 is 2.83 bits per heavy atom. The van der Waals surface area contributed by atoms with Crippen molar-refractivity contribution in [2.24, 2.45) is 10.7 Å². The van der Waals surface area contributed by atoms with Gasteiger partial charge in [-0.25, -0.2) is 4.99 Å². The lowest BCUT2D eigenvalue weighted by Crippen LogP contribution is -2.16. The van der Waals surface area contributed by atoms with Crippen LogP contribution in [0.2, 0.25) is 0 Å². The first-order valence-electron chi connectivity index (χ1n) is 4.39. The van der Waals surface area contributed by atoms with Crippen LogP contribution in [-0.4, -0.2) is 31.4 Å². The van der Waals surface area contributed by atoms with Crippen molar-refractivity contribution >= 4 is 6.34 Å². The largest absolute Gasteiger partial charge is 0.366 e. The molecule has 0 rings (SSSR count). The van der Waals surface area contributed by atoms with E-state index < -0.39 is 0 Å².